The third-order valence-electron chi connectivity index (χ3n) is 4.66. The number of carbonyl (C=O) groups excluding carboxylic acids is 1. The minimum Gasteiger partial charge on any atom is -0.330 e. The van der Waals surface area contributed by atoms with Crippen LogP contribution in [0.25, 0.3) is 0 Å². The molecule has 29 heavy (non-hydrogen) atoms. The summed E-state index contributed by atoms with van der Waals surface area (Å²) in [5, 5.41) is 2.61. The summed E-state index contributed by atoms with van der Waals surface area (Å²) in [6.45, 7) is 6.16. The van der Waals surface area contributed by atoms with Gasteiger partial charge in [-0.25, -0.2) is 9.18 Å². The summed E-state index contributed by atoms with van der Waals surface area (Å²) in [7, 11) is 0. The van der Waals surface area contributed by atoms with Crippen molar-refractivity contribution in [2.24, 2.45) is 11.1 Å². The van der Waals surface area contributed by atoms with Crippen LogP contribution in [0, 0.1) is 18.2 Å². The van der Waals surface area contributed by atoms with Crippen molar-refractivity contribution in [3.05, 3.63) is 65.0 Å². The van der Waals surface area contributed by atoms with Crippen molar-refractivity contribution in [1.29, 1.82) is 0 Å². The van der Waals surface area contributed by atoms with E-state index in [1.165, 1.54) is 23.1 Å². The quantitative estimate of drug-likeness (QED) is 0.644. The normalized spacial score (nSPS) is 12.0. The van der Waals surface area contributed by atoms with Crippen LogP contribution in [0.2, 0.25) is 0 Å². The Morgan fingerprint density at radius 3 is 2.28 bits per heavy atom. The minimum absolute atomic E-state index is 0.138. The first-order valence-electron chi connectivity index (χ1n) is 9.10. The summed E-state index contributed by atoms with van der Waals surface area (Å²) in [6, 6.07) is 8.33. The first-order chi connectivity index (χ1) is 13.4. The number of halogens is 4. The summed E-state index contributed by atoms with van der Waals surface area (Å²) in [5.41, 5.74) is 5.89. The van der Waals surface area contributed by atoms with Crippen molar-refractivity contribution < 1.29 is 22.4 Å². The molecule has 0 aliphatic heterocycles. The molecule has 0 heterocycles. The number of alkyl halides is 3. The van der Waals surface area contributed by atoms with Gasteiger partial charge in [0.15, 0.2) is 0 Å². The summed E-state index contributed by atoms with van der Waals surface area (Å²) in [5.74, 6) is -0.372. The molecule has 0 aliphatic carbocycles. The average molecular weight is 411 g/mol. The number of benzene rings is 2. The van der Waals surface area contributed by atoms with Gasteiger partial charge in [-0.3, -0.25) is 0 Å². The molecular formula is C21H25F4N3O. The number of hydrogen-bond donors (Lipinski definition) is 2. The van der Waals surface area contributed by atoms with E-state index in [1.54, 1.807) is 19.1 Å². The number of rotatable bonds is 6. The Kier molecular flexibility index (Phi) is 6.89. The SMILES string of the molecule is Cc1c(F)cccc1CN(CC(C)(C)CN)C(=O)Nc1ccc(C(F)(F)F)cc1. The van der Waals surface area contributed by atoms with E-state index >= 15 is 0 Å². The summed E-state index contributed by atoms with van der Waals surface area (Å²) >= 11 is 0. The molecule has 0 aliphatic rings. The molecule has 3 N–H and O–H groups in total. The van der Waals surface area contributed by atoms with E-state index in [4.69, 9.17) is 5.73 Å². The highest BCUT2D eigenvalue weighted by atomic mass is 19.4. The fourth-order valence-corrected chi connectivity index (χ4v) is 2.75. The second-order valence-corrected chi connectivity index (χ2v) is 7.75. The van der Waals surface area contributed by atoms with Gasteiger partial charge in [-0.1, -0.05) is 26.0 Å². The van der Waals surface area contributed by atoms with Gasteiger partial charge in [-0.15, -0.1) is 0 Å². The highest BCUT2D eigenvalue weighted by Crippen LogP contribution is 2.30. The fraction of sp³-hybridized carbons (Fsp3) is 0.381. The maximum absolute atomic E-state index is 13.9. The van der Waals surface area contributed by atoms with Gasteiger partial charge < -0.3 is 16.0 Å². The molecule has 0 spiro atoms. The molecule has 2 amide bonds. The molecule has 4 nitrogen and oxygen atoms in total. The van der Waals surface area contributed by atoms with Crippen LogP contribution in [0.3, 0.4) is 0 Å². The number of amides is 2. The molecule has 0 saturated carbocycles. The number of anilines is 1. The lowest BCUT2D eigenvalue weighted by molar-refractivity contribution is -0.137. The van der Waals surface area contributed by atoms with Crippen molar-refractivity contribution in [2.75, 3.05) is 18.4 Å². The Balaban J connectivity index is 2.23. The summed E-state index contributed by atoms with van der Waals surface area (Å²) in [4.78, 5) is 14.3. The van der Waals surface area contributed by atoms with Gasteiger partial charge in [-0.2, -0.15) is 13.2 Å². The van der Waals surface area contributed by atoms with Crippen LogP contribution in [0.4, 0.5) is 28.0 Å². The van der Waals surface area contributed by atoms with E-state index in [-0.39, 0.29) is 24.6 Å². The van der Waals surface area contributed by atoms with Crippen LogP contribution < -0.4 is 11.1 Å². The zero-order chi connectivity index (χ0) is 21.8. The summed E-state index contributed by atoms with van der Waals surface area (Å²) < 4.78 is 52.0. The van der Waals surface area contributed by atoms with Crippen LogP contribution in [-0.2, 0) is 12.7 Å². The van der Waals surface area contributed by atoms with Gasteiger partial charge in [0.2, 0.25) is 0 Å². The largest absolute Gasteiger partial charge is 0.416 e. The Morgan fingerprint density at radius 1 is 1.10 bits per heavy atom. The number of nitrogens with two attached hydrogens (primary N) is 1. The van der Waals surface area contributed by atoms with Crippen LogP contribution in [0.5, 0.6) is 0 Å². The van der Waals surface area contributed by atoms with Gasteiger partial charge in [0, 0.05) is 18.8 Å². The first kappa shape index (κ1) is 22.7. The van der Waals surface area contributed by atoms with Crippen LogP contribution in [0.15, 0.2) is 42.5 Å². The molecule has 0 atom stereocenters. The van der Waals surface area contributed by atoms with E-state index in [0.29, 0.717) is 17.7 Å². The topological polar surface area (TPSA) is 58.4 Å². The van der Waals surface area contributed by atoms with Crippen molar-refractivity contribution in [1.82, 2.24) is 4.90 Å². The van der Waals surface area contributed by atoms with E-state index in [2.05, 4.69) is 5.32 Å². The third kappa shape index (κ3) is 6.19. The molecule has 2 rings (SSSR count). The Morgan fingerprint density at radius 2 is 1.72 bits per heavy atom. The minimum atomic E-state index is -4.45. The molecule has 0 bridgehead atoms. The Labute approximate surface area is 167 Å². The van der Waals surface area contributed by atoms with Crippen molar-refractivity contribution in [3.8, 4) is 0 Å². The molecule has 2 aromatic carbocycles. The molecule has 0 fully saturated rings. The predicted octanol–water partition coefficient (Wildman–Crippen LogP) is 5.17. The standard InChI is InChI=1S/C21H25F4N3O/c1-14-15(5-4-6-18(14)22)11-28(13-20(2,3)12-26)19(29)27-17-9-7-16(8-10-17)21(23,24)25/h4-10H,11-13,26H2,1-3H3,(H,27,29). The van der Waals surface area contributed by atoms with Gasteiger partial charge in [-0.05, 0) is 60.3 Å². The van der Waals surface area contributed by atoms with Gasteiger partial charge in [0.1, 0.15) is 5.82 Å². The fourth-order valence-electron chi connectivity index (χ4n) is 2.75. The molecule has 8 heteroatoms. The lowest BCUT2D eigenvalue weighted by atomic mass is 9.93. The molecule has 0 unspecified atom stereocenters. The van der Waals surface area contributed by atoms with Gasteiger partial charge in [0.05, 0.1) is 5.56 Å². The molecular weight excluding hydrogens is 386 g/mol. The van der Waals surface area contributed by atoms with Crippen molar-refractivity contribution in [3.63, 3.8) is 0 Å². The van der Waals surface area contributed by atoms with E-state index in [9.17, 15) is 22.4 Å². The third-order valence-corrected chi connectivity index (χ3v) is 4.66. The number of carbonyl (C=O) groups is 1. The van der Waals surface area contributed by atoms with Crippen LogP contribution in [0.1, 0.15) is 30.5 Å². The number of nitrogens with one attached hydrogen (secondary N) is 1. The first-order valence-corrected chi connectivity index (χ1v) is 9.10. The highest BCUT2D eigenvalue weighted by molar-refractivity contribution is 5.89. The molecule has 0 saturated heterocycles. The van der Waals surface area contributed by atoms with Gasteiger partial charge in [0.25, 0.3) is 0 Å². The Hall–Kier alpha value is -2.61. The van der Waals surface area contributed by atoms with Gasteiger partial charge >= 0.3 is 12.2 Å². The predicted molar refractivity (Wildman–Crippen MR) is 105 cm³/mol. The average Bonchev–Trinajstić information content (AvgIpc) is 2.64. The van der Waals surface area contributed by atoms with E-state index in [1.807, 2.05) is 13.8 Å². The summed E-state index contributed by atoms with van der Waals surface area (Å²) in [6.07, 6.45) is -4.45. The van der Waals surface area contributed by atoms with Crippen molar-refractivity contribution in [2.45, 2.75) is 33.5 Å². The second-order valence-electron chi connectivity index (χ2n) is 7.75. The monoisotopic (exact) mass is 411 g/mol. The maximum atomic E-state index is 13.9. The molecule has 158 valence electrons. The zero-order valence-electron chi connectivity index (χ0n) is 16.6. The number of nitrogens with zero attached hydrogens (tertiary/aromatic N) is 1. The number of urea groups is 1. The smallest absolute Gasteiger partial charge is 0.330 e. The maximum Gasteiger partial charge on any atom is 0.416 e. The molecule has 0 aromatic heterocycles. The van der Waals surface area contributed by atoms with E-state index < -0.39 is 23.2 Å². The zero-order valence-corrected chi connectivity index (χ0v) is 16.6. The lowest BCUT2D eigenvalue weighted by Gasteiger charge is -2.32. The molecule has 2 aromatic rings. The van der Waals surface area contributed by atoms with E-state index in [0.717, 1.165) is 12.1 Å². The molecule has 0 radical (unpaired) electrons. The van der Waals surface area contributed by atoms with Crippen LogP contribution in [-0.4, -0.2) is 24.0 Å². The lowest BCUT2D eigenvalue weighted by Crippen LogP contribution is -2.43. The Bertz CT molecular complexity index is 848. The second kappa shape index (κ2) is 8.82. The number of hydrogen-bond acceptors (Lipinski definition) is 2. The van der Waals surface area contributed by atoms with Crippen LogP contribution >= 0.6 is 0 Å². The highest BCUT2D eigenvalue weighted by Gasteiger charge is 2.30. The van der Waals surface area contributed by atoms with Crippen molar-refractivity contribution >= 4 is 11.7 Å².